The minimum atomic E-state index is -1.49. The van der Waals surface area contributed by atoms with Crippen LogP contribution in [0.25, 0.3) is 5.69 Å². The first-order chi connectivity index (χ1) is 8.95. The van der Waals surface area contributed by atoms with E-state index in [1.54, 1.807) is 6.20 Å². The molecule has 0 atom stereocenters. The Bertz CT molecular complexity index is 582. The maximum Gasteiger partial charge on any atom is 0.194 e. The van der Waals surface area contributed by atoms with E-state index >= 15 is 0 Å². The zero-order valence-electron chi connectivity index (χ0n) is 10.6. The van der Waals surface area contributed by atoms with Gasteiger partial charge in [-0.2, -0.15) is 5.10 Å². The topological polar surface area (TPSA) is 43.8 Å². The van der Waals surface area contributed by atoms with Gasteiger partial charge >= 0.3 is 0 Å². The van der Waals surface area contributed by atoms with Crippen LogP contribution in [0.4, 0.5) is 13.2 Å². The van der Waals surface area contributed by atoms with Crippen molar-refractivity contribution in [2.45, 2.75) is 26.3 Å². The predicted molar refractivity (Wildman–Crippen MR) is 65.4 cm³/mol. The Kier molecular flexibility index (Phi) is 3.61. The maximum absolute atomic E-state index is 13.3. The van der Waals surface area contributed by atoms with Gasteiger partial charge in [0, 0.05) is 24.2 Å². The molecule has 0 unspecified atom stereocenters. The van der Waals surface area contributed by atoms with E-state index in [2.05, 4.69) is 5.10 Å². The van der Waals surface area contributed by atoms with E-state index < -0.39 is 17.5 Å². The summed E-state index contributed by atoms with van der Waals surface area (Å²) >= 11 is 0. The fourth-order valence-electron chi connectivity index (χ4n) is 2.03. The number of benzene rings is 1. The zero-order valence-corrected chi connectivity index (χ0v) is 10.6. The van der Waals surface area contributed by atoms with Gasteiger partial charge in [-0.3, -0.25) is 0 Å². The van der Waals surface area contributed by atoms with Gasteiger partial charge in [0.05, 0.1) is 17.6 Å². The summed E-state index contributed by atoms with van der Waals surface area (Å²) in [4.78, 5) is 0. The van der Waals surface area contributed by atoms with Gasteiger partial charge in [-0.25, -0.2) is 17.9 Å². The molecule has 102 valence electrons. The number of nitrogens with two attached hydrogens (primary N) is 1. The molecule has 0 aliphatic carbocycles. The second-order valence-electron chi connectivity index (χ2n) is 4.55. The van der Waals surface area contributed by atoms with Gasteiger partial charge in [0.15, 0.2) is 17.5 Å². The minimum Gasteiger partial charge on any atom is -0.326 e. The highest BCUT2D eigenvalue weighted by Gasteiger charge is 2.17. The molecule has 0 radical (unpaired) electrons. The Labute approximate surface area is 108 Å². The van der Waals surface area contributed by atoms with E-state index in [4.69, 9.17) is 5.73 Å². The number of halogens is 3. The highest BCUT2D eigenvalue weighted by atomic mass is 19.2. The lowest BCUT2D eigenvalue weighted by Gasteiger charge is -2.12. The van der Waals surface area contributed by atoms with Crippen molar-refractivity contribution in [2.24, 2.45) is 5.73 Å². The van der Waals surface area contributed by atoms with Gasteiger partial charge in [-0.15, -0.1) is 0 Å². The quantitative estimate of drug-likeness (QED) is 0.871. The monoisotopic (exact) mass is 269 g/mol. The summed E-state index contributed by atoms with van der Waals surface area (Å²) in [6, 6.07) is 1.83. The lowest BCUT2D eigenvalue weighted by molar-refractivity contribution is 0.445. The molecular weight excluding hydrogens is 255 g/mol. The Morgan fingerprint density at radius 3 is 2.26 bits per heavy atom. The molecule has 0 aliphatic heterocycles. The largest absolute Gasteiger partial charge is 0.326 e. The first kappa shape index (κ1) is 13.6. The third-order valence-electron chi connectivity index (χ3n) is 2.87. The lowest BCUT2D eigenvalue weighted by Crippen LogP contribution is -2.09. The Morgan fingerprint density at radius 2 is 1.79 bits per heavy atom. The van der Waals surface area contributed by atoms with Crippen molar-refractivity contribution in [3.63, 3.8) is 0 Å². The van der Waals surface area contributed by atoms with Crippen molar-refractivity contribution in [1.82, 2.24) is 9.78 Å². The first-order valence-corrected chi connectivity index (χ1v) is 5.87. The molecule has 0 saturated carbocycles. The van der Waals surface area contributed by atoms with E-state index in [-0.39, 0.29) is 18.2 Å². The zero-order chi connectivity index (χ0) is 14.2. The van der Waals surface area contributed by atoms with Crippen LogP contribution < -0.4 is 5.73 Å². The molecule has 1 aromatic carbocycles. The molecular formula is C13H14F3N3. The Balaban J connectivity index is 2.62. The van der Waals surface area contributed by atoms with Crippen molar-refractivity contribution in [1.29, 1.82) is 0 Å². The summed E-state index contributed by atoms with van der Waals surface area (Å²) < 4.78 is 40.9. The maximum atomic E-state index is 13.3. The molecule has 2 rings (SSSR count). The summed E-state index contributed by atoms with van der Waals surface area (Å²) in [5.74, 6) is -3.90. The van der Waals surface area contributed by atoms with Crippen LogP contribution in [0.3, 0.4) is 0 Å². The molecule has 6 heteroatoms. The second kappa shape index (κ2) is 5.05. The van der Waals surface area contributed by atoms with Crippen LogP contribution in [0.5, 0.6) is 0 Å². The molecule has 1 aromatic heterocycles. The predicted octanol–water partition coefficient (Wildman–Crippen LogP) is 2.87. The first-order valence-electron chi connectivity index (χ1n) is 5.87. The average molecular weight is 269 g/mol. The van der Waals surface area contributed by atoms with Gasteiger partial charge in [0.1, 0.15) is 0 Å². The molecule has 0 bridgehead atoms. The normalized spacial score (nSPS) is 11.3. The standard InChI is InChI=1S/C13H14F3N3/c1-7(2)13-8(5-17)6-18-19(13)9-3-10(14)12(16)11(15)4-9/h3-4,6-7H,5,17H2,1-2H3. The van der Waals surface area contributed by atoms with Crippen LogP contribution in [0.2, 0.25) is 0 Å². The van der Waals surface area contributed by atoms with E-state index in [0.717, 1.165) is 23.4 Å². The molecule has 1 heterocycles. The smallest absolute Gasteiger partial charge is 0.194 e. The molecule has 0 aliphatic rings. The molecule has 0 spiro atoms. The Hall–Kier alpha value is -1.82. The molecule has 0 fully saturated rings. The molecule has 0 saturated heterocycles. The third-order valence-corrected chi connectivity index (χ3v) is 2.87. The van der Waals surface area contributed by atoms with E-state index in [1.807, 2.05) is 13.8 Å². The SMILES string of the molecule is CC(C)c1c(CN)cnn1-c1cc(F)c(F)c(F)c1. The van der Waals surface area contributed by atoms with Crippen molar-refractivity contribution in [3.05, 3.63) is 47.0 Å². The van der Waals surface area contributed by atoms with Crippen LogP contribution in [0.15, 0.2) is 18.3 Å². The minimum absolute atomic E-state index is 0.0669. The van der Waals surface area contributed by atoms with Gasteiger partial charge in [0.25, 0.3) is 0 Å². The fraction of sp³-hybridized carbons (Fsp3) is 0.308. The van der Waals surface area contributed by atoms with Crippen LogP contribution >= 0.6 is 0 Å². The van der Waals surface area contributed by atoms with Gasteiger partial charge in [-0.1, -0.05) is 13.8 Å². The Morgan fingerprint density at radius 1 is 1.21 bits per heavy atom. The molecule has 3 nitrogen and oxygen atoms in total. The third kappa shape index (κ3) is 2.35. The van der Waals surface area contributed by atoms with Crippen LogP contribution in [-0.2, 0) is 6.54 Å². The number of nitrogens with zero attached hydrogens (tertiary/aromatic N) is 2. The molecule has 2 aromatic rings. The van der Waals surface area contributed by atoms with E-state index in [9.17, 15) is 13.2 Å². The summed E-state index contributed by atoms with van der Waals surface area (Å²) in [5.41, 5.74) is 7.29. The van der Waals surface area contributed by atoms with E-state index in [1.165, 1.54) is 4.68 Å². The van der Waals surface area contributed by atoms with Crippen molar-refractivity contribution >= 4 is 0 Å². The summed E-state index contributed by atoms with van der Waals surface area (Å²) in [5, 5.41) is 4.07. The average Bonchev–Trinajstić information content (AvgIpc) is 2.79. The van der Waals surface area contributed by atoms with Gasteiger partial charge in [0.2, 0.25) is 0 Å². The highest BCUT2D eigenvalue weighted by Crippen LogP contribution is 2.24. The van der Waals surface area contributed by atoms with Crippen LogP contribution in [0.1, 0.15) is 31.0 Å². The van der Waals surface area contributed by atoms with Crippen LogP contribution in [0, 0.1) is 17.5 Å². The summed E-state index contributed by atoms with van der Waals surface area (Å²) in [6.07, 6.45) is 1.55. The highest BCUT2D eigenvalue weighted by molar-refractivity contribution is 5.37. The fourth-order valence-corrected chi connectivity index (χ4v) is 2.03. The lowest BCUT2D eigenvalue weighted by atomic mass is 10.1. The van der Waals surface area contributed by atoms with E-state index in [0.29, 0.717) is 0 Å². The molecule has 19 heavy (non-hydrogen) atoms. The summed E-state index contributed by atoms with van der Waals surface area (Å²) in [7, 11) is 0. The number of hydrogen-bond donors (Lipinski definition) is 1. The number of aromatic nitrogens is 2. The summed E-state index contributed by atoms with van der Waals surface area (Å²) in [6.45, 7) is 4.12. The van der Waals surface area contributed by atoms with Crippen molar-refractivity contribution < 1.29 is 13.2 Å². The second-order valence-corrected chi connectivity index (χ2v) is 4.55. The van der Waals surface area contributed by atoms with Gasteiger partial charge in [-0.05, 0) is 5.92 Å². The molecule has 0 amide bonds. The van der Waals surface area contributed by atoms with Gasteiger partial charge < -0.3 is 5.73 Å². The van der Waals surface area contributed by atoms with Crippen molar-refractivity contribution in [2.75, 3.05) is 0 Å². The number of hydrogen-bond acceptors (Lipinski definition) is 2. The van der Waals surface area contributed by atoms with Crippen molar-refractivity contribution in [3.8, 4) is 5.69 Å². The number of rotatable bonds is 3. The van der Waals surface area contributed by atoms with Crippen LogP contribution in [-0.4, -0.2) is 9.78 Å². The molecule has 2 N–H and O–H groups in total.